The van der Waals surface area contributed by atoms with Crippen LogP contribution < -0.4 is 0 Å². The molecule has 0 atom stereocenters. The van der Waals surface area contributed by atoms with E-state index < -0.39 is 10.0 Å². The number of nitrogens with zero attached hydrogens (tertiary/aromatic N) is 3. The Bertz CT molecular complexity index is 1050. The van der Waals surface area contributed by atoms with Gasteiger partial charge in [-0.15, -0.1) is 11.3 Å². The van der Waals surface area contributed by atoms with Crippen LogP contribution in [0, 0.1) is 6.92 Å². The molecule has 2 aromatic heterocycles. The molecular weight excluding hydrogens is 418 g/mol. The lowest BCUT2D eigenvalue weighted by atomic mass is 10.2. The van der Waals surface area contributed by atoms with Crippen molar-refractivity contribution in [1.82, 2.24) is 14.4 Å². The minimum Gasteiger partial charge on any atom is -0.333 e. The first-order valence-electron chi connectivity index (χ1n) is 9.07. The van der Waals surface area contributed by atoms with Gasteiger partial charge in [0, 0.05) is 28.6 Å². The Labute approximate surface area is 174 Å². The summed E-state index contributed by atoms with van der Waals surface area (Å²) >= 11 is 7.35. The summed E-state index contributed by atoms with van der Waals surface area (Å²) in [6.07, 6.45) is 1.53. The van der Waals surface area contributed by atoms with Crippen molar-refractivity contribution in [2.75, 3.05) is 13.1 Å². The van der Waals surface area contributed by atoms with Gasteiger partial charge in [-0.3, -0.25) is 0 Å². The van der Waals surface area contributed by atoms with Gasteiger partial charge in [-0.05, 0) is 38.0 Å². The molecule has 0 spiro atoms. The number of aryl methyl sites for hydroxylation is 1. The van der Waals surface area contributed by atoms with Gasteiger partial charge >= 0.3 is 0 Å². The maximum absolute atomic E-state index is 13.1. The third-order valence-electron chi connectivity index (χ3n) is 4.16. The highest BCUT2D eigenvalue weighted by molar-refractivity contribution is 7.89. The minimum atomic E-state index is -3.56. The van der Waals surface area contributed by atoms with Crippen LogP contribution in [0.15, 0.2) is 39.8 Å². The van der Waals surface area contributed by atoms with Gasteiger partial charge in [-0.25, -0.2) is 8.42 Å². The zero-order chi connectivity index (χ0) is 20.3. The topological polar surface area (TPSA) is 76.3 Å². The molecule has 6 nitrogen and oxygen atoms in total. The first kappa shape index (κ1) is 21.0. The molecule has 1 aromatic carbocycles. The summed E-state index contributed by atoms with van der Waals surface area (Å²) in [4.78, 5) is 6.05. The molecule has 0 aliphatic carbocycles. The van der Waals surface area contributed by atoms with Crippen molar-refractivity contribution in [2.24, 2.45) is 0 Å². The summed E-state index contributed by atoms with van der Waals surface area (Å²) in [6.45, 7) is 6.74. The molecule has 0 aliphatic rings. The van der Waals surface area contributed by atoms with Crippen molar-refractivity contribution in [3.63, 3.8) is 0 Å². The largest absolute Gasteiger partial charge is 0.333 e. The van der Waals surface area contributed by atoms with Crippen LogP contribution >= 0.6 is 22.9 Å². The van der Waals surface area contributed by atoms with Gasteiger partial charge in [0.2, 0.25) is 15.8 Å². The van der Waals surface area contributed by atoms with E-state index in [9.17, 15) is 8.42 Å². The molecule has 9 heteroatoms. The van der Waals surface area contributed by atoms with Crippen molar-refractivity contribution < 1.29 is 12.9 Å². The van der Waals surface area contributed by atoms with Gasteiger partial charge in [0.05, 0.1) is 9.77 Å². The van der Waals surface area contributed by atoms with Crippen molar-refractivity contribution in [3.05, 3.63) is 40.2 Å². The predicted octanol–water partition coefficient (Wildman–Crippen LogP) is 5.24. The number of hydrogen-bond acceptors (Lipinski definition) is 6. The minimum absolute atomic E-state index is 0.294. The molecule has 28 heavy (non-hydrogen) atoms. The van der Waals surface area contributed by atoms with Crippen LogP contribution in [0.1, 0.15) is 31.6 Å². The number of benzene rings is 1. The Kier molecular flexibility index (Phi) is 6.54. The van der Waals surface area contributed by atoms with E-state index in [-0.39, 0.29) is 0 Å². The molecule has 0 saturated heterocycles. The quantitative estimate of drug-likeness (QED) is 0.479. The standard InChI is InChI=1S/C19H22ClN3O3S2/c1-4-9-23(10-5-2)28(24,25)17-12-16(27-13(17)3)19-21-18(22-26-19)14-7-6-8-15(20)11-14/h6-8,11-12H,4-5,9-10H2,1-3H3. The number of halogens is 1. The molecule has 0 N–H and O–H groups in total. The first-order valence-corrected chi connectivity index (χ1v) is 11.7. The molecule has 0 unspecified atom stereocenters. The van der Waals surface area contributed by atoms with Gasteiger partial charge in [0.15, 0.2) is 0 Å². The number of hydrogen-bond donors (Lipinski definition) is 0. The van der Waals surface area contributed by atoms with Gasteiger partial charge in [0.25, 0.3) is 5.89 Å². The lowest BCUT2D eigenvalue weighted by Gasteiger charge is -2.20. The lowest BCUT2D eigenvalue weighted by Crippen LogP contribution is -2.32. The van der Waals surface area contributed by atoms with Gasteiger partial charge < -0.3 is 4.52 Å². The van der Waals surface area contributed by atoms with E-state index in [1.165, 1.54) is 15.6 Å². The highest BCUT2D eigenvalue weighted by atomic mass is 35.5. The molecule has 2 heterocycles. The van der Waals surface area contributed by atoms with Crippen LogP contribution in [0.4, 0.5) is 0 Å². The molecule has 3 aromatic rings. The summed E-state index contributed by atoms with van der Waals surface area (Å²) in [5.41, 5.74) is 0.737. The summed E-state index contributed by atoms with van der Waals surface area (Å²) < 4.78 is 33.1. The second kappa shape index (κ2) is 8.73. The second-order valence-electron chi connectivity index (χ2n) is 6.37. The fourth-order valence-corrected chi connectivity index (χ4v) is 6.18. The number of aromatic nitrogens is 2. The summed E-state index contributed by atoms with van der Waals surface area (Å²) in [6, 6.07) is 8.79. The third kappa shape index (κ3) is 4.30. The van der Waals surface area contributed by atoms with E-state index in [1.807, 2.05) is 26.0 Å². The van der Waals surface area contributed by atoms with Gasteiger partial charge in [-0.2, -0.15) is 9.29 Å². The summed E-state index contributed by atoms with van der Waals surface area (Å²) in [5, 5.41) is 4.58. The van der Waals surface area contributed by atoms with Crippen LogP contribution in [-0.2, 0) is 10.0 Å². The maximum atomic E-state index is 13.1. The number of sulfonamides is 1. The number of rotatable bonds is 8. The lowest BCUT2D eigenvalue weighted by molar-refractivity contribution is 0.410. The molecule has 3 rings (SSSR count). The van der Waals surface area contributed by atoms with Gasteiger partial charge in [0.1, 0.15) is 0 Å². The van der Waals surface area contributed by atoms with Gasteiger partial charge in [-0.1, -0.05) is 42.7 Å². The van der Waals surface area contributed by atoms with Crippen LogP contribution in [0.2, 0.25) is 5.02 Å². The van der Waals surface area contributed by atoms with E-state index in [0.717, 1.165) is 18.4 Å². The molecule has 150 valence electrons. The molecule has 0 amide bonds. The Balaban J connectivity index is 1.94. The SMILES string of the molecule is CCCN(CCC)S(=O)(=O)c1cc(-c2nc(-c3cccc(Cl)c3)no2)sc1C. The van der Waals surface area contributed by atoms with E-state index in [0.29, 0.717) is 44.5 Å². The fraction of sp³-hybridized carbons (Fsp3) is 0.368. The Morgan fingerprint density at radius 2 is 1.89 bits per heavy atom. The van der Waals surface area contributed by atoms with Crippen LogP contribution in [-0.4, -0.2) is 36.0 Å². The normalized spacial score (nSPS) is 12.0. The summed E-state index contributed by atoms with van der Waals surface area (Å²) in [5.74, 6) is 0.702. The average molecular weight is 440 g/mol. The highest BCUT2D eigenvalue weighted by Gasteiger charge is 2.28. The van der Waals surface area contributed by atoms with E-state index in [4.69, 9.17) is 16.1 Å². The monoisotopic (exact) mass is 439 g/mol. The third-order valence-corrected chi connectivity index (χ3v) is 7.58. The number of thiophene rings is 1. The Hall–Kier alpha value is -1.74. The molecule has 0 bridgehead atoms. The average Bonchev–Trinajstić information content (AvgIpc) is 3.28. The maximum Gasteiger partial charge on any atom is 0.268 e. The van der Waals surface area contributed by atoms with Crippen molar-refractivity contribution >= 4 is 33.0 Å². The zero-order valence-corrected chi connectivity index (χ0v) is 18.4. The van der Waals surface area contributed by atoms with E-state index >= 15 is 0 Å². The molecule has 0 aliphatic heterocycles. The molecule has 0 fully saturated rings. The van der Waals surface area contributed by atoms with Crippen LogP contribution in [0.5, 0.6) is 0 Å². The Morgan fingerprint density at radius 3 is 2.54 bits per heavy atom. The van der Waals surface area contributed by atoms with Crippen molar-refractivity contribution in [2.45, 2.75) is 38.5 Å². The van der Waals surface area contributed by atoms with E-state index in [2.05, 4.69) is 10.1 Å². The predicted molar refractivity (Wildman–Crippen MR) is 112 cm³/mol. The molecule has 0 saturated carbocycles. The zero-order valence-electron chi connectivity index (χ0n) is 16.0. The Morgan fingerprint density at radius 1 is 1.18 bits per heavy atom. The van der Waals surface area contributed by atoms with Crippen molar-refractivity contribution in [3.8, 4) is 22.2 Å². The fourth-order valence-electron chi connectivity index (χ4n) is 2.89. The molecular formula is C19H22ClN3O3S2. The second-order valence-corrected chi connectivity index (χ2v) is 9.97. The van der Waals surface area contributed by atoms with Crippen molar-refractivity contribution in [1.29, 1.82) is 0 Å². The van der Waals surface area contributed by atoms with Crippen LogP contribution in [0.25, 0.3) is 22.2 Å². The molecule has 0 radical (unpaired) electrons. The smallest absolute Gasteiger partial charge is 0.268 e. The highest BCUT2D eigenvalue weighted by Crippen LogP contribution is 2.35. The summed E-state index contributed by atoms with van der Waals surface area (Å²) in [7, 11) is -3.56. The first-order chi connectivity index (χ1) is 13.4. The van der Waals surface area contributed by atoms with Crippen LogP contribution in [0.3, 0.4) is 0 Å². The van der Waals surface area contributed by atoms with E-state index in [1.54, 1.807) is 25.1 Å².